The molecule has 18 heavy (non-hydrogen) atoms. The van der Waals surface area contributed by atoms with Crippen molar-refractivity contribution in [1.29, 1.82) is 0 Å². The summed E-state index contributed by atoms with van der Waals surface area (Å²) in [6.07, 6.45) is -4.71. The molecule has 3 nitrogen and oxygen atoms in total. The van der Waals surface area contributed by atoms with E-state index < -0.39 is 12.6 Å². The lowest BCUT2D eigenvalue weighted by atomic mass is 10.0. The molecule has 1 aliphatic rings. The predicted molar refractivity (Wildman–Crippen MR) is 63.4 cm³/mol. The zero-order valence-corrected chi connectivity index (χ0v) is 11.0. The zero-order valence-electron chi connectivity index (χ0n) is 11.0. The van der Waals surface area contributed by atoms with Gasteiger partial charge in [0.05, 0.1) is 0 Å². The van der Waals surface area contributed by atoms with Crippen molar-refractivity contribution in [3.63, 3.8) is 0 Å². The number of Topliss-reactive ketones (excluding diaryl/α,β-unsaturated/α-hetero) is 1. The SMILES string of the molecule is CN1CCN(C)C(CC(=O)CCCC(F)(F)F)C1. The van der Waals surface area contributed by atoms with Gasteiger partial charge in [-0.2, -0.15) is 13.2 Å². The minimum atomic E-state index is -4.15. The van der Waals surface area contributed by atoms with E-state index in [1.165, 1.54) is 0 Å². The first-order valence-corrected chi connectivity index (χ1v) is 6.25. The van der Waals surface area contributed by atoms with Gasteiger partial charge in [0.25, 0.3) is 0 Å². The van der Waals surface area contributed by atoms with E-state index in [9.17, 15) is 18.0 Å². The van der Waals surface area contributed by atoms with Gasteiger partial charge in [0, 0.05) is 44.9 Å². The molecule has 0 aromatic carbocycles. The van der Waals surface area contributed by atoms with Crippen LogP contribution in [0.2, 0.25) is 0 Å². The average molecular weight is 266 g/mol. The van der Waals surface area contributed by atoms with Crippen molar-refractivity contribution in [2.75, 3.05) is 33.7 Å². The number of hydrogen-bond donors (Lipinski definition) is 0. The molecular formula is C12H21F3N2O. The van der Waals surface area contributed by atoms with Crippen molar-refractivity contribution in [2.24, 2.45) is 0 Å². The van der Waals surface area contributed by atoms with E-state index in [4.69, 9.17) is 0 Å². The molecule has 0 aromatic heterocycles. The number of piperazine rings is 1. The number of hydrogen-bond acceptors (Lipinski definition) is 3. The minimum absolute atomic E-state index is 0.0353. The lowest BCUT2D eigenvalue weighted by molar-refractivity contribution is -0.137. The third-order valence-corrected chi connectivity index (χ3v) is 3.36. The molecule has 6 heteroatoms. The zero-order chi connectivity index (χ0) is 13.8. The fraction of sp³-hybridized carbons (Fsp3) is 0.917. The van der Waals surface area contributed by atoms with Gasteiger partial charge in [-0.25, -0.2) is 0 Å². The summed E-state index contributed by atoms with van der Waals surface area (Å²) in [7, 11) is 3.95. The Morgan fingerprint density at radius 3 is 2.56 bits per heavy atom. The Morgan fingerprint density at radius 2 is 1.94 bits per heavy atom. The van der Waals surface area contributed by atoms with Gasteiger partial charge in [0.1, 0.15) is 5.78 Å². The van der Waals surface area contributed by atoms with Crippen molar-refractivity contribution < 1.29 is 18.0 Å². The van der Waals surface area contributed by atoms with Crippen molar-refractivity contribution in [3.8, 4) is 0 Å². The smallest absolute Gasteiger partial charge is 0.304 e. The maximum absolute atomic E-state index is 12.0. The Hall–Kier alpha value is -0.620. The molecule has 1 saturated heterocycles. The van der Waals surface area contributed by atoms with Gasteiger partial charge in [-0.3, -0.25) is 4.79 Å². The fourth-order valence-electron chi connectivity index (χ4n) is 2.17. The maximum Gasteiger partial charge on any atom is 0.389 e. The van der Waals surface area contributed by atoms with Gasteiger partial charge < -0.3 is 9.80 Å². The van der Waals surface area contributed by atoms with Crippen LogP contribution in [0.25, 0.3) is 0 Å². The summed E-state index contributed by atoms with van der Waals surface area (Å²) >= 11 is 0. The van der Waals surface area contributed by atoms with Crippen LogP contribution in [-0.4, -0.2) is 61.5 Å². The number of ketones is 1. The van der Waals surface area contributed by atoms with E-state index in [2.05, 4.69) is 9.80 Å². The van der Waals surface area contributed by atoms with Crippen molar-refractivity contribution >= 4 is 5.78 Å². The number of rotatable bonds is 5. The van der Waals surface area contributed by atoms with Crippen molar-refractivity contribution in [3.05, 3.63) is 0 Å². The average Bonchev–Trinajstić information content (AvgIpc) is 2.21. The van der Waals surface area contributed by atoms with Crippen LogP contribution in [0.4, 0.5) is 13.2 Å². The molecule has 0 aromatic rings. The van der Waals surface area contributed by atoms with Crippen LogP contribution in [0.3, 0.4) is 0 Å². The summed E-state index contributed by atoms with van der Waals surface area (Å²) in [5.74, 6) is -0.0635. The number of nitrogens with zero attached hydrogens (tertiary/aromatic N) is 2. The second kappa shape index (κ2) is 6.52. The first kappa shape index (κ1) is 15.4. The molecule has 1 rings (SSSR count). The largest absolute Gasteiger partial charge is 0.389 e. The van der Waals surface area contributed by atoms with Crippen LogP contribution in [0, 0.1) is 0 Å². The monoisotopic (exact) mass is 266 g/mol. The highest BCUT2D eigenvalue weighted by atomic mass is 19.4. The molecule has 0 bridgehead atoms. The van der Waals surface area contributed by atoms with Crippen LogP contribution in [0.15, 0.2) is 0 Å². The number of alkyl halides is 3. The highest BCUT2D eigenvalue weighted by Crippen LogP contribution is 2.22. The molecule has 106 valence electrons. The molecule has 0 aliphatic carbocycles. The van der Waals surface area contributed by atoms with Crippen LogP contribution in [-0.2, 0) is 4.79 Å². The lowest BCUT2D eigenvalue weighted by Gasteiger charge is -2.37. The molecule has 0 N–H and O–H groups in total. The molecule has 0 saturated carbocycles. The highest BCUT2D eigenvalue weighted by Gasteiger charge is 2.28. The second-order valence-electron chi connectivity index (χ2n) is 5.11. The molecule has 0 spiro atoms. The normalized spacial score (nSPS) is 23.3. The van der Waals surface area contributed by atoms with E-state index in [-0.39, 0.29) is 24.7 Å². The van der Waals surface area contributed by atoms with E-state index in [1.54, 1.807) is 0 Å². The van der Waals surface area contributed by atoms with Gasteiger partial charge in [0.2, 0.25) is 0 Å². The maximum atomic E-state index is 12.0. The quantitative estimate of drug-likeness (QED) is 0.759. The molecule has 1 atom stereocenters. The Bertz CT molecular complexity index is 281. The number of carbonyl (C=O) groups excluding carboxylic acids is 1. The van der Waals surface area contributed by atoms with Crippen molar-refractivity contribution in [1.82, 2.24) is 9.80 Å². The van der Waals surface area contributed by atoms with Gasteiger partial charge in [0.15, 0.2) is 0 Å². The fourth-order valence-corrected chi connectivity index (χ4v) is 2.17. The van der Waals surface area contributed by atoms with Gasteiger partial charge in [-0.05, 0) is 20.5 Å². The van der Waals surface area contributed by atoms with Crippen LogP contribution in [0.1, 0.15) is 25.7 Å². The van der Waals surface area contributed by atoms with Gasteiger partial charge >= 0.3 is 6.18 Å². The summed E-state index contributed by atoms with van der Waals surface area (Å²) in [4.78, 5) is 15.9. The van der Waals surface area contributed by atoms with Crippen molar-refractivity contribution in [2.45, 2.75) is 37.9 Å². The number of likely N-dealkylation sites (N-methyl/N-ethyl adjacent to an activating group) is 2. The molecule has 1 fully saturated rings. The van der Waals surface area contributed by atoms with Crippen LogP contribution < -0.4 is 0 Å². The second-order valence-corrected chi connectivity index (χ2v) is 5.11. The molecule has 0 amide bonds. The molecule has 0 radical (unpaired) electrons. The molecule has 1 heterocycles. The molecular weight excluding hydrogens is 245 g/mol. The van der Waals surface area contributed by atoms with Crippen LogP contribution >= 0.6 is 0 Å². The molecule has 1 aliphatic heterocycles. The predicted octanol–water partition coefficient (Wildman–Crippen LogP) is 1.92. The lowest BCUT2D eigenvalue weighted by Crippen LogP contribution is -2.50. The van der Waals surface area contributed by atoms with Gasteiger partial charge in [-0.15, -0.1) is 0 Å². The topological polar surface area (TPSA) is 23.6 Å². The first-order chi connectivity index (χ1) is 8.28. The third-order valence-electron chi connectivity index (χ3n) is 3.36. The van der Waals surface area contributed by atoms with E-state index in [0.29, 0.717) is 6.42 Å². The summed E-state index contributed by atoms with van der Waals surface area (Å²) in [5, 5.41) is 0. The van der Waals surface area contributed by atoms with E-state index >= 15 is 0 Å². The summed E-state index contributed by atoms with van der Waals surface area (Å²) in [6.45, 7) is 2.67. The number of halogens is 3. The third kappa shape index (κ3) is 5.82. The Balaban J connectivity index is 2.26. The molecule has 1 unspecified atom stereocenters. The highest BCUT2D eigenvalue weighted by molar-refractivity contribution is 5.79. The summed E-state index contributed by atoms with van der Waals surface area (Å²) in [6, 6.07) is 0.141. The first-order valence-electron chi connectivity index (χ1n) is 6.25. The van der Waals surface area contributed by atoms with E-state index in [1.807, 2.05) is 14.1 Å². The number of carbonyl (C=O) groups is 1. The Labute approximate surface area is 106 Å². The van der Waals surface area contributed by atoms with Crippen LogP contribution in [0.5, 0.6) is 0 Å². The Morgan fingerprint density at radius 1 is 1.28 bits per heavy atom. The standard InChI is InChI=1S/C12H21F3N2O/c1-16-6-7-17(2)10(9-16)8-11(18)4-3-5-12(13,14)15/h10H,3-9H2,1-2H3. The van der Waals surface area contributed by atoms with E-state index in [0.717, 1.165) is 19.6 Å². The van der Waals surface area contributed by atoms with Gasteiger partial charge in [-0.1, -0.05) is 0 Å². The Kier molecular flexibility index (Phi) is 5.59. The minimum Gasteiger partial charge on any atom is -0.304 e. The summed E-state index contributed by atoms with van der Waals surface area (Å²) < 4.78 is 35.9. The summed E-state index contributed by atoms with van der Waals surface area (Å²) in [5.41, 5.74) is 0.